The van der Waals surface area contributed by atoms with E-state index in [1.54, 1.807) is 25.1 Å². The van der Waals surface area contributed by atoms with Crippen LogP contribution in [0.4, 0.5) is 13.2 Å². The second kappa shape index (κ2) is 9.94. The van der Waals surface area contributed by atoms with Crippen molar-refractivity contribution in [2.45, 2.75) is 52.1 Å². The van der Waals surface area contributed by atoms with Crippen LogP contribution in [0.2, 0.25) is 0 Å². The Morgan fingerprint density at radius 1 is 1.16 bits per heavy atom. The Kier molecular flexibility index (Phi) is 7.30. The van der Waals surface area contributed by atoms with Crippen molar-refractivity contribution in [2.75, 3.05) is 13.2 Å². The topological polar surface area (TPSA) is 61.3 Å². The molecule has 0 fully saturated rings. The molecule has 2 aromatic heterocycles. The summed E-state index contributed by atoms with van der Waals surface area (Å²) in [6.07, 6.45) is -0.0516. The Morgan fingerprint density at radius 2 is 1.94 bits per heavy atom. The number of nitrogens with zero attached hydrogens (tertiary/aromatic N) is 2. The summed E-state index contributed by atoms with van der Waals surface area (Å²) in [5.74, 6) is -0.341. The van der Waals surface area contributed by atoms with E-state index in [0.717, 1.165) is 42.7 Å². The molecule has 1 aliphatic carbocycles. The van der Waals surface area contributed by atoms with Crippen molar-refractivity contribution in [1.82, 2.24) is 9.97 Å². The SMILES string of the molecule is CCCCOc1ncc(C(F)(F)F)cc1C1=C(c2cccc(C(=O)OCC)n2)CCC1. The average Bonchev–Trinajstić information content (AvgIpc) is 3.23. The van der Waals surface area contributed by atoms with Crippen LogP contribution >= 0.6 is 0 Å². The van der Waals surface area contributed by atoms with Gasteiger partial charge in [-0.05, 0) is 62.0 Å². The molecule has 0 spiro atoms. The zero-order valence-electron chi connectivity index (χ0n) is 17.6. The summed E-state index contributed by atoms with van der Waals surface area (Å²) in [5, 5.41) is 0. The number of carbonyl (C=O) groups is 1. The van der Waals surface area contributed by atoms with E-state index in [0.29, 0.717) is 30.7 Å². The Hall–Kier alpha value is -2.90. The number of ether oxygens (including phenoxy) is 2. The number of hydrogen-bond donors (Lipinski definition) is 0. The van der Waals surface area contributed by atoms with Gasteiger partial charge in [-0.2, -0.15) is 13.2 Å². The quantitative estimate of drug-likeness (QED) is 0.380. The summed E-state index contributed by atoms with van der Waals surface area (Å²) >= 11 is 0. The van der Waals surface area contributed by atoms with Gasteiger partial charge in [-0.1, -0.05) is 19.4 Å². The number of esters is 1. The second-order valence-electron chi connectivity index (χ2n) is 7.22. The minimum atomic E-state index is -4.51. The number of carbonyl (C=O) groups excluding carboxylic acids is 1. The number of unbranched alkanes of at least 4 members (excludes halogenated alkanes) is 1. The van der Waals surface area contributed by atoms with Crippen molar-refractivity contribution in [2.24, 2.45) is 0 Å². The molecule has 0 saturated heterocycles. The molecule has 0 atom stereocenters. The molecule has 0 N–H and O–H groups in total. The zero-order valence-corrected chi connectivity index (χ0v) is 17.6. The lowest BCUT2D eigenvalue weighted by Crippen LogP contribution is -2.09. The first-order valence-corrected chi connectivity index (χ1v) is 10.4. The number of alkyl halides is 3. The molecule has 0 unspecified atom stereocenters. The van der Waals surface area contributed by atoms with Gasteiger partial charge in [0.25, 0.3) is 0 Å². The fourth-order valence-electron chi connectivity index (χ4n) is 3.50. The number of allylic oxidation sites excluding steroid dienone is 2. The fraction of sp³-hybridized carbons (Fsp3) is 0.435. The molecule has 0 aliphatic heterocycles. The number of rotatable bonds is 8. The van der Waals surface area contributed by atoms with Gasteiger partial charge in [-0.25, -0.2) is 14.8 Å². The third-order valence-electron chi connectivity index (χ3n) is 5.00. The van der Waals surface area contributed by atoms with Gasteiger partial charge in [0.05, 0.1) is 24.5 Å². The van der Waals surface area contributed by atoms with Gasteiger partial charge in [-0.15, -0.1) is 0 Å². The summed E-state index contributed by atoms with van der Waals surface area (Å²) in [6, 6.07) is 6.11. The van der Waals surface area contributed by atoms with E-state index in [4.69, 9.17) is 9.47 Å². The Labute approximate surface area is 179 Å². The minimum Gasteiger partial charge on any atom is -0.477 e. The van der Waals surface area contributed by atoms with Crippen molar-refractivity contribution in [3.63, 3.8) is 0 Å². The highest BCUT2D eigenvalue weighted by Crippen LogP contribution is 2.43. The molecule has 3 rings (SSSR count). The van der Waals surface area contributed by atoms with Gasteiger partial charge in [0.1, 0.15) is 5.69 Å². The predicted octanol–water partition coefficient (Wildman–Crippen LogP) is 5.95. The van der Waals surface area contributed by atoms with Gasteiger partial charge < -0.3 is 9.47 Å². The molecule has 8 heteroatoms. The molecule has 5 nitrogen and oxygen atoms in total. The molecule has 0 aromatic carbocycles. The first-order valence-electron chi connectivity index (χ1n) is 10.4. The Bertz CT molecular complexity index is 971. The summed E-state index contributed by atoms with van der Waals surface area (Å²) in [5.41, 5.74) is 1.75. The smallest absolute Gasteiger partial charge is 0.417 e. The highest BCUT2D eigenvalue weighted by atomic mass is 19.4. The average molecular weight is 434 g/mol. The Morgan fingerprint density at radius 3 is 2.65 bits per heavy atom. The van der Waals surface area contributed by atoms with Gasteiger partial charge >= 0.3 is 12.1 Å². The lowest BCUT2D eigenvalue weighted by molar-refractivity contribution is -0.137. The van der Waals surface area contributed by atoms with Gasteiger partial charge in [0.15, 0.2) is 0 Å². The molecular weight excluding hydrogens is 409 g/mol. The van der Waals surface area contributed by atoms with Crippen molar-refractivity contribution in [3.05, 3.63) is 53.0 Å². The summed E-state index contributed by atoms with van der Waals surface area (Å²) in [6.45, 7) is 4.32. The standard InChI is InChI=1S/C23H25F3N2O3/c1-3-5-12-31-21-18(13-15(14-27-21)23(24,25)26)16-8-6-9-17(16)19-10-7-11-20(28-19)22(29)30-4-2/h7,10-11,13-14H,3-6,8-9,12H2,1-2H3. The predicted molar refractivity (Wildman–Crippen MR) is 111 cm³/mol. The fourth-order valence-corrected chi connectivity index (χ4v) is 3.50. The highest BCUT2D eigenvalue weighted by molar-refractivity contribution is 5.94. The first-order chi connectivity index (χ1) is 14.8. The third-order valence-corrected chi connectivity index (χ3v) is 5.00. The number of aromatic nitrogens is 2. The van der Waals surface area contributed by atoms with Crippen molar-refractivity contribution < 1.29 is 27.4 Å². The van der Waals surface area contributed by atoms with Crippen molar-refractivity contribution in [3.8, 4) is 5.88 Å². The van der Waals surface area contributed by atoms with Gasteiger partial charge in [0.2, 0.25) is 5.88 Å². The minimum absolute atomic E-state index is 0.166. The largest absolute Gasteiger partial charge is 0.477 e. The third kappa shape index (κ3) is 5.42. The van der Waals surface area contributed by atoms with Gasteiger partial charge in [-0.3, -0.25) is 0 Å². The molecule has 31 heavy (non-hydrogen) atoms. The molecule has 0 radical (unpaired) electrons. The maximum atomic E-state index is 13.4. The van der Waals surface area contributed by atoms with E-state index in [1.165, 1.54) is 0 Å². The normalized spacial score (nSPS) is 14.1. The number of hydrogen-bond acceptors (Lipinski definition) is 5. The van der Waals surface area contributed by atoms with Crippen LogP contribution in [-0.4, -0.2) is 29.2 Å². The molecular formula is C23H25F3N2O3. The summed E-state index contributed by atoms with van der Waals surface area (Å²) in [7, 11) is 0. The van der Waals surface area contributed by atoms with Crippen molar-refractivity contribution >= 4 is 17.1 Å². The zero-order chi connectivity index (χ0) is 22.4. The van der Waals surface area contributed by atoms with E-state index >= 15 is 0 Å². The Balaban J connectivity index is 2.07. The van der Waals surface area contributed by atoms with Crippen LogP contribution in [0.1, 0.15) is 73.3 Å². The summed E-state index contributed by atoms with van der Waals surface area (Å²) in [4.78, 5) is 20.5. The van der Waals surface area contributed by atoms with Crippen LogP contribution in [0.3, 0.4) is 0 Å². The van der Waals surface area contributed by atoms with Crippen LogP contribution in [-0.2, 0) is 10.9 Å². The second-order valence-corrected chi connectivity index (χ2v) is 7.22. The maximum Gasteiger partial charge on any atom is 0.417 e. The maximum absolute atomic E-state index is 13.4. The molecule has 1 aliphatic rings. The van der Waals surface area contributed by atoms with E-state index in [2.05, 4.69) is 9.97 Å². The van der Waals surface area contributed by atoms with Crippen LogP contribution in [0.25, 0.3) is 11.1 Å². The molecule has 2 aromatic rings. The highest BCUT2D eigenvalue weighted by Gasteiger charge is 2.33. The van der Waals surface area contributed by atoms with Gasteiger partial charge in [0, 0.05) is 11.8 Å². The molecule has 2 heterocycles. The summed E-state index contributed by atoms with van der Waals surface area (Å²) < 4.78 is 50.8. The van der Waals surface area contributed by atoms with Crippen LogP contribution in [0.5, 0.6) is 5.88 Å². The van der Waals surface area contributed by atoms with Crippen LogP contribution in [0, 0.1) is 0 Å². The lowest BCUT2D eigenvalue weighted by atomic mass is 9.99. The monoisotopic (exact) mass is 434 g/mol. The molecule has 0 amide bonds. The first kappa shape index (κ1) is 22.8. The van der Waals surface area contributed by atoms with Crippen LogP contribution < -0.4 is 4.74 Å². The van der Waals surface area contributed by atoms with E-state index in [9.17, 15) is 18.0 Å². The van der Waals surface area contributed by atoms with E-state index in [1.807, 2.05) is 6.92 Å². The lowest BCUT2D eigenvalue weighted by Gasteiger charge is -2.16. The molecule has 0 bridgehead atoms. The van der Waals surface area contributed by atoms with E-state index < -0.39 is 17.7 Å². The number of pyridine rings is 2. The van der Waals surface area contributed by atoms with Crippen LogP contribution in [0.15, 0.2) is 30.5 Å². The molecule has 166 valence electrons. The number of halogens is 3. The van der Waals surface area contributed by atoms with E-state index in [-0.39, 0.29) is 18.2 Å². The molecule has 0 saturated carbocycles. The van der Waals surface area contributed by atoms with Crippen molar-refractivity contribution in [1.29, 1.82) is 0 Å².